The SMILES string of the molecule is CC(=O)N(CCC(=O)N1CCCC1)c1ccc(C(C)(C)C)cc1. The van der Waals surface area contributed by atoms with Crippen LogP contribution in [0.4, 0.5) is 5.69 Å². The van der Waals surface area contributed by atoms with Crippen LogP contribution < -0.4 is 4.90 Å². The number of anilines is 1. The van der Waals surface area contributed by atoms with E-state index in [0.717, 1.165) is 31.6 Å². The van der Waals surface area contributed by atoms with Crippen LogP contribution in [0, 0.1) is 0 Å². The molecule has 4 heteroatoms. The van der Waals surface area contributed by atoms with Crippen molar-refractivity contribution < 1.29 is 9.59 Å². The summed E-state index contributed by atoms with van der Waals surface area (Å²) in [4.78, 5) is 27.7. The van der Waals surface area contributed by atoms with Crippen LogP contribution in [0.2, 0.25) is 0 Å². The Morgan fingerprint density at radius 3 is 2.13 bits per heavy atom. The van der Waals surface area contributed by atoms with Gasteiger partial charge in [0.15, 0.2) is 0 Å². The number of carbonyl (C=O) groups is 2. The fourth-order valence-corrected chi connectivity index (χ4v) is 2.94. The number of hydrogen-bond acceptors (Lipinski definition) is 2. The minimum atomic E-state index is -0.0252. The Labute approximate surface area is 139 Å². The second kappa shape index (κ2) is 7.16. The van der Waals surface area contributed by atoms with Gasteiger partial charge >= 0.3 is 0 Å². The molecule has 0 saturated carbocycles. The number of carbonyl (C=O) groups excluding carboxylic acids is 2. The molecule has 0 atom stereocenters. The Hall–Kier alpha value is -1.84. The summed E-state index contributed by atoms with van der Waals surface area (Å²) in [6.45, 7) is 10.2. The summed E-state index contributed by atoms with van der Waals surface area (Å²) in [6, 6.07) is 8.08. The molecule has 0 unspecified atom stereocenters. The summed E-state index contributed by atoms with van der Waals surface area (Å²) < 4.78 is 0. The lowest BCUT2D eigenvalue weighted by molar-refractivity contribution is -0.129. The molecule has 1 heterocycles. The number of likely N-dealkylation sites (tertiary alicyclic amines) is 1. The third kappa shape index (κ3) is 4.57. The van der Waals surface area contributed by atoms with Gasteiger partial charge in [0, 0.05) is 38.7 Å². The van der Waals surface area contributed by atoms with Crippen LogP contribution in [-0.4, -0.2) is 36.3 Å². The Balaban J connectivity index is 2.03. The molecule has 0 aliphatic carbocycles. The van der Waals surface area contributed by atoms with Crippen LogP contribution >= 0.6 is 0 Å². The molecule has 23 heavy (non-hydrogen) atoms. The van der Waals surface area contributed by atoms with Crippen LogP contribution in [0.5, 0.6) is 0 Å². The topological polar surface area (TPSA) is 40.6 Å². The van der Waals surface area contributed by atoms with E-state index in [1.807, 2.05) is 17.0 Å². The highest BCUT2D eigenvalue weighted by atomic mass is 16.2. The molecule has 0 radical (unpaired) electrons. The van der Waals surface area contributed by atoms with Crippen molar-refractivity contribution >= 4 is 17.5 Å². The van der Waals surface area contributed by atoms with E-state index in [9.17, 15) is 9.59 Å². The first-order valence-electron chi connectivity index (χ1n) is 8.45. The molecular weight excluding hydrogens is 288 g/mol. The third-order valence-corrected chi connectivity index (χ3v) is 4.43. The van der Waals surface area contributed by atoms with E-state index in [1.54, 1.807) is 11.8 Å². The molecule has 1 fully saturated rings. The van der Waals surface area contributed by atoms with Gasteiger partial charge in [0.25, 0.3) is 0 Å². The van der Waals surface area contributed by atoms with E-state index in [1.165, 1.54) is 5.56 Å². The predicted molar refractivity (Wildman–Crippen MR) is 93.6 cm³/mol. The van der Waals surface area contributed by atoms with Crippen LogP contribution in [0.1, 0.15) is 52.5 Å². The van der Waals surface area contributed by atoms with E-state index in [2.05, 4.69) is 32.9 Å². The molecule has 126 valence electrons. The molecule has 2 amide bonds. The Morgan fingerprint density at radius 2 is 1.65 bits per heavy atom. The van der Waals surface area contributed by atoms with Crippen molar-refractivity contribution in [1.82, 2.24) is 4.90 Å². The van der Waals surface area contributed by atoms with Gasteiger partial charge in [-0.15, -0.1) is 0 Å². The molecule has 0 N–H and O–H groups in total. The fraction of sp³-hybridized carbons (Fsp3) is 0.579. The van der Waals surface area contributed by atoms with Gasteiger partial charge < -0.3 is 9.80 Å². The number of benzene rings is 1. The first kappa shape index (κ1) is 17.5. The summed E-state index contributed by atoms with van der Waals surface area (Å²) in [6.07, 6.45) is 2.58. The molecule has 2 rings (SSSR count). The van der Waals surface area contributed by atoms with Gasteiger partial charge in [-0.05, 0) is 36.0 Å². The van der Waals surface area contributed by atoms with Crippen molar-refractivity contribution in [3.63, 3.8) is 0 Å². The Morgan fingerprint density at radius 1 is 1.09 bits per heavy atom. The largest absolute Gasteiger partial charge is 0.343 e. The molecule has 1 aromatic rings. The highest BCUT2D eigenvalue weighted by Gasteiger charge is 2.20. The monoisotopic (exact) mass is 316 g/mol. The summed E-state index contributed by atoms with van der Waals surface area (Å²) in [7, 11) is 0. The van der Waals surface area contributed by atoms with Crippen LogP contribution in [0.25, 0.3) is 0 Å². The first-order valence-corrected chi connectivity index (χ1v) is 8.45. The van der Waals surface area contributed by atoms with Gasteiger partial charge in [0.1, 0.15) is 0 Å². The average Bonchev–Trinajstić information content (AvgIpc) is 3.00. The molecule has 1 saturated heterocycles. The Bertz CT molecular complexity index is 552. The highest BCUT2D eigenvalue weighted by Crippen LogP contribution is 2.25. The minimum absolute atomic E-state index is 0.0252. The van der Waals surface area contributed by atoms with Crippen molar-refractivity contribution in [2.45, 2.75) is 52.4 Å². The molecule has 4 nitrogen and oxygen atoms in total. The normalized spacial score (nSPS) is 14.9. The summed E-state index contributed by atoms with van der Waals surface area (Å²) in [5.74, 6) is 0.128. The maximum Gasteiger partial charge on any atom is 0.224 e. The minimum Gasteiger partial charge on any atom is -0.343 e. The smallest absolute Gasteiger partial charge is 0.224 e. The molecule has 0 spiro atoms. The number of amides is 2. The van der Waals surface area contributed by atoms with Gasteiger partial charge in [-0.2, -0.15) is 0 Å². The van der Waals surface area contributed by atoms with E-state index in [0.29, 0.717) is 13.0 Å². The lowest BCUT2D eigenvalue weighted by Crippen LogP contribution is -2.35. The molecule has 1 aliphatic heterocycles. The zero-order chi connectivity index (χ0) is 17.0. The molecular formula is C19H28N2O2. The summed E-state index contributed by atoms with van der Waals surface area (Å²) in [5, 5.41) is 0. The second-order valence-corrected chi connectivity index (χ2v) is 7.31. The van der Waals surface area contributed by atoms with E-state index >= 15 is 0 Å². The molecule has 0 aromatic heterocycles. The van der Waals surface area contributed by atoms with Gasteiger partial charge in [-0.25, -0.2) is 0 Å². The lowest BCUT2D eigenvalue weighted by Gasteiger charge is -2.24. The zero-order valence-electron chi connectivity index (χ0n) is 14.8. The number of rotatable bonds is 4. The fourth-order valence-electron chi connectivity index (χ4n) is 2.94. The summed E-state index contributed by atoms with van der Waals surface area (Å²) in [5.41, 5.74) is 2.18. The van der Waals surface area contributed by atoms with Crippen molar-refractivity contribution in [2.75, 3.05) is 24.5 Å². The molecule has 1 aliphatic rings. The molecule has 0 bridgehead atoms. The van der Waals surface area contributed by atoms with E-state index in [-0.39, 0.29) is 17.2 Å². The summed E-state index contributed by atoms with van der Waals surface area (Å²) >= 11 is 0. The van der Waals surface area contributed by atoms with Crippen molar-refractivity contribution in [1.29, 1.82) is 0 Å². The van der Waals surface area contributed by atoms with Crippen molar-refractivity contribution in [3.05, 3.63) is 29.8 Å². The maximum atomic E-state index is 12.2. The predicted octanol–water partition coefficient (Wildman–Crippen LogP) is 3.35. The van der Waals surface area contributed by atoms with Gasteiger partial charge in [0.05, 0.1) is 0 Å². The van der Waals surface area contributed by atoms with Crippen molar-refractivity contribution in [2.24, 2.45) is 0 Å². The van der Waals surface area contributed by atoms with E-state index in [4.69, 9.17) is 0 Å². The van der Waals surface area contributed by atoms with Crippen LogP contribution in [-0.2, 0) is 15.0 Å². The first-order chi connectivity index (χ1) is 10.8. The van der Waals surface area contributed by atoms with Gasteiger partial charge in [-0.3, -0.25) is 9.59 Å². The number of hydrogen-bond donors (Lipinski definition) is 0. The lowest BCUT2D eigenvalue weighted by atomic mass is 9.87. The maximum absolute atomic E-state index is 12.2. The van der Waals surface area contributed by atoms with E-state index < -0.39 is 0 Å². The van der Waals surface area contributed by atoms with Gasteiger partial charge in [-0.1, -0.05) is 32.9 Å². The van der Waals surface area contributed by atoms with Crippen LogP contribution in [0.15, 0.2) is 24.3 Å². The molecule has 1 aromatic carbocycles. The van der Waals surface area contributed by atoms with Gasteiger partial charge in [0.2, 0.25) is 11.8 Å². The quantitative estimate of drug-likeness (QED) is 0.854. The average molecular weight is 316 g/mol. The second-order valence-electron chi connectivity index (χ2n) is 7.31. The van der Waals surface area contributed by atoms with Crippen LogP contribution in [0.3, 0.4) is 0 Å². The number of nitrogens with zero attached hydrogens (tertiary/aromatic N) is 2. The third-order valence-electron chi connectivity index (χ3n) is 4.43. The Kier molecular flexibility index (Phi) is 5.45. The standard InChI is InChI=1S/C19H28N2O2/c1-15(22)21(14-11-18(23)20-12-5-6-13-20)17-9-7-16(8-10-17)19(2,3)4/h7-10H,5-6,11-14H2,1-4H3. The van der Waals surface area contributed by atoms with Crippen molar-refractivity contribution in [3.8, 4) is 0 Å². The zero-order valence-corrected chi connectivity index (χ0v) is 14.8. The highest BCUT2D eigenvalue weighted by molar-refractivity contribution is 5.92.